The van der Waals surface area contributed by atoms with Crippen LogP contribution in [0.5, 0.6) is 0 Å². The Kier molecular flexibility index (Phi) is 2.28. The minimum absolute atomic E-state index is 0.204. The number of nitrogens with zero attached hydrogens (tertiary/aromatic N) is 1. The van der Waals surface area contributed by atoms with Gasteiger partial charge in [-0.3, -0.25) is 4.98 Å². The molecule has 15 heavy (non-hydrogen) atoms. The van der Waals surface area contributed by atoms with Crippen LogP contribution < -0.4 is 0 Å². The Morgan fingerprint density at radius 1 is 1.20 bits per heavy atom. The summed E-state index contributed by atoms with van der Waals surface area (Å²) in [7, 11) is -3.42. The van der Waals surface area contributed by atoms with Crippen molar-refractivity contribution in [2.24, 2.45) is 0 Å². The molecule has 2 rings (SSSR count). The van der Waals surface area contributed by atoms with Crippen molar-refractivity contribution in [2.75, 3.05) is 0 Å². The van der Waals surface area contributed by atoms with Crippen molar-refractivity contribution in [3.63, 3.8) is 0 Å². The fourth-order valence-electron chi connectivity index (χ4n) is 1.40. The number of pyridine rings is 1. The molecule has 0 aliphatic heterocycles. The van der Waals surface area contributed by atoms with E-state index < -0.39 is 9.84 Å². The second-order valence-electron chi connectivity index (χ2n) is 3.04. The highest BCUT2D eigenvalue weighted by molar-refractivity contribution is 7.94. The third-order valence-corrected chi connectivity index (χ3v) is 3.50. The van der Waals surface area contributed by atoms with Gasteiger partial charge in [0.25, 0.3) is 0 Å². The first-order valence-corrected chi connectivity index (χ1v) is 5.91. The first-order valence-electron chi connectivity index (χ1n) is 4.36. The van der Waals surface area contributed by atoms with Crippen molar-refractivity contribution in [3.05, 3.63) is 48.5 Å². The minimum Gasteiger partial charge on any atom is -0.255 e. The summed E-state index contributed by atoms with van der Waals surface area (Å²) < 4.78 is 23.3. The molecule has 1 aromatic carbocycles. The van der Waals surface area contributed by atoms with E-state index in [1.54, 1.807) is 18.3 Å². The Balaban J connectivity index is 2.89. The van der Waals surface area contributed by atoms with Gasteiger partial charge >= 0.3 is 0 Å². The molecule has 0 bridgehead atoms. The summed E-state index contributed by atoms with van der Waals surface area (Å²) in [4.78, 5) is 4.27. The molecular weight excluding hydrogens is 210 g/mol. The van der Waals surface area contributed by atoms with Crippen molar-refractivity contribution < 1.29 is 8.42 Å². The molecule has 0 saturated carbocycles. The van der Waals surface area contributed by atoms with E-state index in [1.165, 1.54) is 6.07 Å². The third kappa shape index (κ3) is 1.64. The second kappa shape index (κ2) is 3.47. The molecule has 1 heterocycles. The predicted molar refractivity (Wildman–Crippen MR) is 59.1 cm³/mol. The topological polar surface area (TPSA) is 47.0 Å². The van der Waals surface area contributed by atoms with E-state index >= 15 is 0 Å². The molecule has 0 fully saturated rings. The lowest BCUT2D eigenvalue weighted by Gasteiger charge is -2.02. The van der Waals surface area contributed by atoms with E-state index in [0.717, 1.165) is 10.8 Å². The van der Waals surface area contributed by atoms with E-state index in [4.69, 9.17) is 0 Å². The fourth-order valence-corrected chi connectivity index (χ4v) is 2.28. The van der Waals surface area contributed by atoms with E-state index in [0.29, 0.717) is 5.52 Å². The highest BCUT2D eigenvalue weighted by Gasteiger charge is 2.13. The lowest BCUT2D eigenvalue weighted by atomic mass is 10.2. The lowest BCUT2D eigenvalue weighted by Crippen LogP contribution is -1.97. The molecule has 0 amide bonds. The number of aromatic nitrogens is 1. The van der Waals surface area contributed by atoms with Gasteiger partial charge < -0.3 is 0 Å². The van der Waals surface area contributed by atoms with E-state index in [9.17, 15) is 8.42 Å². The Morgan fingerprint density at radius 3 is 2.67 bits per heavy atom. The molecule has 0 aliphatic carbocycles. The van der Waals surface area contributed by atoms with Gasteiger partial charge in [0.05, 0.1) is 10.4 Å². The van der Waals surface area contributed by atoms with Crippen LogP contribution in [0.2, 0.25) is 0 Å². The highest BCUT2D eigenvalue weighted by Crippen LogP contribution is 2.21. The van der Waals surface area contributed by atoms with Crippen LogP contribution in [0, 0.1) is 0 Å². The molecule has 76 valence electrons. The Labute approximate surface area is 88.0 Å². The quantitative estimate of drug-likeness (QED) is 0.777. The molecule has 0 unspecified atom stereocenters. The largest absolute Gasteiger partial charge is 0.255 e. The zero-order chi connectivity index (χ0) is 10.9. The Bertz CT molecular complexity index is 612. The van der Waals surface area contributed by atoms with Crippen LogP contribution in [0.15, 0.2) is 53.4 Å². The van der Waals surface area contributed by atoms with Crippen LogP contribution in [-0.4, -0.2) is 13.4 Å². The van der Waals surface area contributed by atoms with Gasteiger partial charge in [0.15, 0.2) is 0 Å². The van der Waals surface area contributed by atoms with Gasteiger partial charge in [-0.2, -0.15) is 0 Å². The average Bonchev–Trinajstić information content (AvgIpc) is 2.28. The lowest BCUT2D eigenvalue weighted by molar-refractivity contribution is 0.605. The zero-order valence-electron chi connectivity index (χ0n) is 7.92. The maximum absolute atomic E-state index is 11.7. The zero-order valence-corrected chi connectivity index (χ0v) is 8.74. The number of benzene rings is 1. The maximum atomic E-state index is 11.7. The number of hydrogen-bond donors (Lipinski definition) is 0. The van der Waals surface area contributed by atoms with Gasteiger partial charge in [0, 0.05) is 17.0 Å². The van der Waals surface area contributed by atoms with Crippen LogP contribution in [0.25, 0.3) is 10.9 Å². The van der Waals surface area contributed by atoms with E-state index in [2.05, 4.69) is 11.6 Å². The Hall–Kier alpha value is -1.68. The fraction of sp³-hybridized carbons (Fsp3) is 0. The summed E-state index contributed by atoms with van der Waals surface area (Å²) in [5.41, 5.74) is 0.486. The van der Waals surface area contributed by atoms with Crippen molar-refractivity contribution >= 4 is 20.7 Å². The molecule has 0 aliphatic rings. The smallest absolute Gasteiger partial charge is 0.201 e. The third-order valence-electron chi connectivity index (χ3n) is 2.12. The van der Waals surface area contributed by atoms with Crippen molar-refractivity contribution in [3.8, 4) is 0 Å². The number of rotatable bonds is 2. The molecule has 3 nitrogen and oxygen atoms in total. The van der Waals surface area contributed by atoms with Gasteiger partial charge in [-0.05, 0) is 12.1 Å². The Morgan fingerprint density at radius 2 is 1.93 bits per heavy atom. The molecular formula is C11H9NO2S. The second-order valence-corrected chi connectivity index (χ2v) is 4.91. The summed E-state index contributed by atoms with van der Waals surface area (Å²) in [6.45, 7) is 3.30. The first kappa shape index (κ1) is 9.86. The normalized spacial score (nSPS) is 11.5. The van der Waals surface area contributed by atoms with Gasteiger partial charge in [0.1, 0.15) is 0 Å². The first-order chi connectivity index (χ1) is 7.15. The molecule has 0 atom stereocenters. The van der Waals surface area contributed by atoms with E-state index in [1.807, 2.05) is 12.1 Å². The van der Waals surface area contributed by atoms with Crippen LogP contribution in [0.1, 0.15) is 0 Å². The summed E-state index contributed by atoms with van der Waals surface area (Å²) >= 11 is 0. The van der Waals surface area contributed by atoms with Crippen LogP contribution >= 0.6 is 0 Å². The molecule has 1 aromatic heterocycles. The number of sulfone groups is 1. The monoisotopic (exact) mass is 219 g/mol. The molecule has 4 heteroatoms. The number of para-hydroxylation sites is 1. The number of hydrogen-bond acceptors (Lipinski definition) is 3. The van der Waals surface area contributed by atoms with Crippen molar-refractivity contribution in [2.45, 2.75) is 4.90 Å². The number of fused-ring (bicyclic) bond motifs is 1. The van der Waals surface area contributed by atoms with Gasteiger partial charge in [-0.15, -0.1) is 0 Å². The maximum Gasteiger partial charge on any atom is 0.201 e. The van der Waals surface area contributed by atoms with Crippen LogP contribution in [0.3, 0.4) is 0 Å². The summed E-state index contributed by atoms with van der Waals surface area (Å²) in [6.07, 6.45) is 1.57. The standard InChI is InChI=1S/C11H9NO2S/c1-2-15(13,14)10-7-3-5-9-6-4-8-12-11(9)10/h2-8H,1H2. The highest BCUT2D eigenvalue weighted by atomic mass is 32.2. The predicted octanol–water partition coefficient (Wildman–Crippen LogP) is 2.15. The van der Waals surface area contributed by atoms with Gasteiger partial charge in [0.2, 0.25) is 9.84 Å². The molecule has 0 radical (unpaired) electrons. The molecule has 0 spiro atoms. The van der Waals surface area contributed by atoms with Crippen molar-refractivity contribution in [1.82, 2.24) is 4.98 Å². The summed E-state index contributed by atoms with van der Waals surface area (Å²) in [5, 5.41) is 1.75. The molecule has 0 N–H and O–H groups in total. The summed E-state index contributed by atoms with van der Waals surface area (Å²) in [6, 6.07) is 8.65. The van der Waals surface area contributed by atoms with Gasteiger partial charge in [-0.25, -0.2) is 8.42 Å². The SMILES string of the molecule is C=CS(=O)(=O)c1cccc2cccnc12. The van der Waals surface area contributed by atoms with E-state index in [-0.39, 0.29) is 4.90 Å². The van der Waals surface area contributed by atoms with Crippen LogP contribution in [0.4, 0.5) is 0 Å². The molecule has 0 saturated heterocycles. The summed E-state index contributed by atoms with van der Waals surface area (Å²) in [5.74, 6) is 0. The minimum atomic E-state index is -3.42. The average molecular weight is 219 g/mol. The van der Waals surface area contributed by atoms with Crippen molar-refractivity contribution in [1.29, 1.82) is 0 Å². The molecule has 2 aromatic rings. The van der Waals surface area contributed by atoms with Gasteiger partial charge in [-0.1, -0.05) is 24.8 Å². The van der Waals surface area contributed by atoms with Crippen LogP contribution in [-0.2, 0) is 9.84 Å².